The summed E-state index contributed by atoms with van der Waals surface area (Å²) in [6.07, 6.45) is 8.82. The van der Waals surface area contributed by atoms with Crippen LogP contribution in [0.3, 0.4) is 0 Å². The Balaban J connectivity index is 1.21. The molecule has 4 saturated carbocycles. The minimum Gasteiger partial charge on any atom is -0.326 e. The van der Waals surface area contributed by atoms with Gasteiger partial charge in [-0.3, -0.25) is 14.6 Å². The van der Waals surface area contributed by atoms with Crippen molar-refractivity contribution in [3.05, 3.63) is 29.8 Å². The molecule has 6 heteroatoms. The molecule has 4 aliphatic carbocycles. The summed E-state index contributed by atoms with van der Waals surface area (Å²) in [5.74, 6) is 2.27. The first-order valence-electron chi connectivity index (χ1n) is 11.0. The summed E-state index contributed by atoms with van der Waals surface area (Å²) in [7, 11) is 0. The minimum absolute atomic E-state index is 0.0442. The second-order valence-electron chi connectivity index (χ2n) is 9.46. The summed E-state index contributed by atoms with van der Waals surface area (Å²) < 4.78 is 0. The quantitative estimate of drug-likeness (QED) is 0.765. The Morgan fingerprint density at radius 3 is 2.34 bits per heavy atom. The summed E-state index contributed by atoms with van der Waals surface area (Å²) in [4.78, 5) is 30.0. The number of thioether (sulfide) groups is 1. The van der Waals surface area contributed by atoms with E-state index in [1.807, 2.05) is 24.3 Å². The smallest absolute Gasteiger partial charge is 0.240 e. The summed E-state index contributed by atoms with van der Waals surface area (Å²) in [5.41, 5.74) is 2.06. The largest absolute Gasteiger partial charge is 0.326 e. The standard InChI is InChI=1S/C23H29N3O2S/c1-2-14-3-5-18(6-4-14)24-20(27)10-19-21(28)25-22(29-19)26-23-11-15-7-16(12-23)9-17(8-15)13-23/h3-6,15-17,19H,2,7-13H2,1H3,(H,24,27)(H,25,26,28). The molecule has 1 heterocycles. The molecule has 29 heavy (non-hydrogen) atoms. The van der Waals surface area contributed by atoms with Crippen LogP contribution in [0.1, 0.15) is 57.4 Å². The second-order valence-corrected chi connectivity index (χ2v) is 10.6. The fourth-order valence-corrected chi connectivity index (χ4v) is 7.29. The van der Waals surface area contributed by atoms with E-state index in [0.717, 1.165) is 35.0 Å². The summed E-state index contributed by atoms with van der Waals surface area (Å²) in [6, 6.07) is 7.86. The van der Waals surface area contributed by atoms with Crippen molar-refractivity contribution >= 4 is 34.4 Å². The SMILES string of the molecule is CCc1ccc(NC(=O)CC2SC(=NC34CC5CC(CC(C5)C3)C4)NC2=O)cc1. The Hall–Kier alpha value is -1.82. The molecule has 1 saturated heterocycles. The van der Waals surface area contributed by atoms with E-state index < -0.39 is 5.25 Å². The molecule has 5 fully saturated rings. The number of carbonyl (C=O) groups excluding carboxylic acids is 2. The van der Waals surface area contributed by atoms with Gasteiger partial charge in [0.05, 0.1) is 5.54 Å². The minimum atomic E-state index is -0.391. The first kappa shape index (κ1) is 19.2. The molecule has 0 spiro atoms. The predicted molar refractivity (Wildman–Crippen MR) is 117 cm³/mol. The Bertz CT molecular complexity index is 813. The second kappa shape index (κ2) is 7.46. The topological polar surface area (TPSA) is 70.6 Å². The average molecular weight is 412 g/mol. The monoisotopic (exact) mass is 411 g/mol. The van der Waals surface area contributed by atoms with Crippen LogP contribution in [0.4, 0.5) is 5.69 Å². The number of rotatable bonds is 5. The number of amidine groups is 1. The number of aliphatic imine (C=N–C) groups is 1. The number of hydrogen-bond acceptors (Lipinski definition) is 4. The molecule has 0 radical (unpaired) electrons. The van der Waals surface area contributed by atoms with E-state index in [1.165, 1.54) is 55.9 Å². The fraction of sp³-hybridized carbons (Fsp3) is 0.609. The Morgan fingerprint density at radius 1 is 1.14 bits per heavy atom. The zero-order chi connectivity index (χ0) is 20.0. The number of nitrogens with one attached hydrogen (secondary N) is 2. The number of carbonyl (C=O) groups is 2. The van der Waals surface area contributed by atoms with Gasteiger partial charge in [-0.25, -0.2) is 0 Å². The highest BCUT2D eigenvalue weighted by Gasteiger charge is 2.51. The van der Waals surface area contributed by atoms with Crippen molar-refractivity contribution in [2.75, 3.05) is 5.32 Å². The molecular formula is C23H29N3O2S. The van der Waals surface area contributed by atoms with Gasteiger partial charge in [-0.1, -0.05) is 30.8 Å². The molecule has 1 aromatic carbocycles. The van der Waals surface area contributed by atoms with Crippen LogP contribution in [0.15, 0.2) is 29.3 Å². The van der Waals surface area contributed by atoms with E-state index in [2.05, 4.69) is 17.6 Å². The summed E-state index contributed by atoms with van der Waals surface area (Å²) >= 11 is 1.44. The number of nitrogens with zero attached hydrogens (tertiary/aromatic N) is 1. The van der Waals surface area contributed by atoms with Crippen molar-refractivity contribution < 1.29 is 9.59 Å². The van der Waals surface area contributed by atoms with E-state index in [-0.39, 0.29) is 23.8 Å². The van der Waals surface area contributed by atoms with Crippen LogP contribution >= 0.6 is 11.8 Å². The molecular weight excluding hydrogens is 382 g/mol. The number of anilines is 1. The highest BCUT2D eigenvalue weighted by Crippen LogP contribution is 2.57. The van der Waals surface area contributed by atoms with E-state index in [9.17, 15) is 9.59 Å². The van der Waals surface area contributed by atoms with E-state index >= 15 is 0 Å². The summed E-state index contributed by atoms with van der Waals surface area (Å²) in [5, 5.41) is 6.21. The van der Waals surface area contributed by atoms with Crippen molar-refractivity contribution in [3.63, 3.8) is 0 Å². The lowest BCUT2D eigenvalue weighted by atomic mass is 9.53. The van der Waals surface area contributed by atoms with Crippen molar-refractivity contribution in [3.8, 4) is 0 Å². The maximum Gasteiger partial charge on any atom is 0.240 e. The Kier molecular flexibility index (Phi) is 4.93. The number of benzene rings is 1. The molecule has 1 aromatic rings. The number of amides is 2. The van der Waals surface area contributed by atoms with Crippen LogP contribution in [0.5, 0.6) is 0 Å². The fourth-order valence-electron chi connectivity index (χ4n) is 6.21. The van der Waals surface area contributed by atoms with Gasteiger partial charge < -0.3 is 10.6 Å². The molecule has 4 bridgehead atoms. The first-order valence-corrected chi connectivity index (χ1v) is 11.8. The van der Waals surface area contributed by atoms with Crippen molar-refractivity contribution in [1.82, 2.24) is 5.32 Å². The zero-order valence-corrected chi connectivity index (χ0v) is 17.8. The molecule has 1 aliphatic heterocycles. The molecule has 2 amide bonds. The predicted octanol–water partition coefficient (Wildman–Crippen LogP) is 4.13. The van der Waals surface area contributed by atoms with Gasteiger partial charge in [0.2, 0.25) is 11.8 Å². The van der Waals surface area contributed by atoms with Gasteiger partial charge in [0.15, 0.2) is 5.17 Å². The number of hydrogen-bond donors (Lipinski definition) is 2. The van der Waals surface area contributed by atoms with Crippen LogP contribution in [-0.4, -0.2) is 27.8 Å². The maximum atomic E-state index is 12.4. The van der Waals surface area contributed by atoms with Crippen LogP contribution in [0, 0.1) is 17.8 Å². The Labute approximate surface area is 176 Å². The van der Waals surface area contributed by atoms with Gasteiger partial charge in [-0.2, -0.15) is 0 Å². The van der Waals surface area contributed by atoms with Gasteiger partial charge in [0, 0.05) is 12.1 Å². The van der Waals surface area contributed by atoms with Gasteiger partial charge in [-0.05, 0) is 80.4 Å². The van der Waals surface area contributed by atoms with Gasteiger partial charge in [-0.15, -0.1) is 0 Å². The summed E-state index contributed by atoms with van der Waals surface area (Å²) in [6.45, 7) is 2.10. The lowest BCUT2D eigenvalue weighted by Gasteiger charge is -2.55. The molecule has 154 valence electrons. The van der Waals surface area contributed by atoms with Gasteiger partial charge >= 0.3 is 0 Å². The van der Waals surface area contributed by atoms with Crippen LogP contribution in [-0.2, 0) is 16.0 Å². The van der Waals surface area contributed by atoms with Crippen molar-refractivity contribution in [2.45, 2.75) is 69.1 Å². The third kappa shape index (κ3) is 3.96. The van der Waals surface area contributed by atoms with Crippen molar-refractivity contribution in [2.24, 2.45) is 22.7 Å². The molecule has 1 atom stereocenters. The normalized spacial score (nSPS) is 36.4. The third-order valence-corrected chi connectivity index (χ3v) is 8.22. The average Bonchev–Trinajstić information content (AvgIpc) is 2.99. The first-order chi connectivity index (χ1) is 14.0. The maximum absolute atomic E-state index is 12.4. The van der Waals surface area contributed by atoms with Crippen LogP contribution in [0.2, 0.25) is 0 Å². The van der Waals surface area contributed by atoms with Crippen LogP contribution < -0.4 is 10.6 Å². The molecule has 2 N–H and O–H groups in total. The highest BCUT2D eigenvalue weighted by atomic mass is 32.2. The zero-order valence-electron chi connectivity index (χ0n) is 16.9. The van der Waals surface area contributed by atoms with Gasteiger partial charge in [0.1, 0.15) is 5.25 Å². The van der Waals surface area contributed by atoms with E-state index in [0.29, 0.717) is 0 Å². The molecule has 6 rings (SSSR count). The molecule has 5 nitrogen and oxygen atoms in total. The lowest BCUT2D eigenvalue weighted by molar-refractivity contribution is -0.122. The molecule has 0 aromatic heterocycles. The van der Waals surface area contributed by atoms with E-state index in [4.69, 9.17) is 4.99 Å². The Morgan fingerprint density at radius 2 is 1.76 bits per heavy atom. The van der Waals surface area contributed by atoms with Gasteiger partial charge in [0.25, 0.3) is 0 Å². The van der Waals surface area contributed by atoms with E-state index in [1.54, 1.807) is 0 Å². The third-order valence-electron chi connectivity index (χ3n) is 7.14. The number of aryl methyl sites for hydroxylation is 1. The van der Waals surface area contributed by atoms with Crippen molar-refractivity contribution in [1.29, 1.82) is 0 Å². The van der Waals surface area contributed by atoms with Crippen LogP contribution in [0.25, 0.3) is 0 Å². The molecule has 5 aliphatic rings. The lowest BCUT2D eigenvalue weighted by Crippen LogP contribution is -2.50. The highest BCUT2D eigenvalue weighted by molar-refractivity contribution is 8.15. The molecule has 1 unspecified atom stereocenters.